The normalized spacial score (nSPS) is 12.4. The summed E-state index contributed by atoms with van der Waals surface area (Å²) < 4.78 is 39.9. The summed E-state index contributed by atoms with van der Waals surface area (Å²) in [4.78, 5) is 13.0. The summed E-state index contributed by atoms with van der Waals surface area (Å²) in [7, 11) is -3.88. The van der Waals surface area contributed by atoms with Crippen LogP contribution in [0.2, 0.25) is 0 Å². The van der Waals surface area contributed by atoms with E-state index in [9.17, 15) is 13.2 Å². The number of rotatable bonds is 13. The number of sulfonamides is 1. The fourth-order valence-electron chi connectivity index (χ4n) is 3.63. The molecule has 8 nitrogen and oxygen atoms in total. The Labute approximate surface area is 225 Å². The summed E-state index contributed by atoms with van der Waals surface area (Å²) in [5, 5.41) is 4.05. The van der Waals surface area contributed by atoms with E-state index in [4.69, 9.17) is 9.47 Å². The number of benzene rings is 3. The molecular weight excluding hydrogens is 502 g/mol. The molecule has 3 aromatic carbocycles. The van der Waals surface area contributed by atoms with Crippen molar-refractivity contribution in [1.29, 1.82) is 0 Å². The average Bonchev–Trinajstić information content (AvgIpc) is 2.88. The first-order valence-electron chi connectivity index (χ1n) is 12.5. The van der Waals surface area contributed by atoms with Gasteiger partial charge >= 0.3 is 0 Å². The van der Waals surface area contributed by atoms with Crippen molar-refractivity contribution in [2.45, 2.75) is 51.7 Å². The highest BCUT2D eigenvalue weighted by molar-refractivity contribution is 7.89. The van der Waals surface area contributed by atoms with Crippen LogP contribution in [0.4, 0.5) is 0 Å². The molecule has 0 unspecified atom stereocenters. The number of nitrogens with one attached hydrogen (secondary N) is 2. The minimum Gasteiger partial charge on any atom is -0.490 e. The third kappa shape index (κ3) is 8.71. The minimum absolute atomic E-state index is 0.0765. The molecule has 0 aliphatic heterocycles. The van der Waals surface area contributed by atoms with Crippen LogP contribution in [-0.2, 0) is 21.4 Å². The van der Waals surface area contributed by atoms with Gasteiger partial charge in [0.25, 0.3) is 5.91 Å². The lowest BCUT2D eigenvalue weighted by atomic mass is 10.0. The predicted octanol–water partition coefficient (Wildman–Crippen LogP) is 4.82. The fraction of sp³-hybridized carbons (Fsp3) is 0.310. The van der Waals surface area contributed by atoms with Gasteiger partial charge < -0.3 is 9.47 Å². The molecule has 38 heavy (non-hydrogen) atoms. The molecule has 1 amide bonds. The number of ether oxygens (including phenoxy) is 2. The van der Waals surface area contributed by atoms with Gasteiger partial charge in [-0.2, -0.15) is 9.82 Å². The molecule has 2 N–H and O–H groups in total. The molecule has 0 heterocycles. The van der Waals surface area contributed by atoms with Crippen molar-refractivity contribution in [2.75, 3.05) is 6.61 Å². The van der Waals surface area contributed by atoms with Crippen molar-refractivity contribution in [3.8, 4) is 11.5 Å². The van der Waals surface area contributed by atoms with E-state index in [2.05, 4.69) is 15.2 Å². The van der Waals surface area contributed by atoms with Crippen molar-refractivity contribution in [3.05, 3.63) is 89.5 Å². The molecule has 202 valence electrons. The lowest BCUT2D eigenvalue weighted by molar-refractivity contribution is -0.123. The van der Waals surface area contributed by atoms with Crippen molar-refractivity contribution < 1.29 is 22.7 Å². The van der Waals surface area contributed by atoms with Crippen molar-refractivity contribution in [1.82, 2.24) is 10.1 Å². The molecule has 0 bridgehead atoms. The van der Waals surface area contributed by atoms with Crippen LogP contribution in [0.3, 0.4) is 0 Å². The maximum Gasteiger partial charge on any atom is 0.258 e. The molecule has 3 aromatic rings. The number of hydrogen-bond acceptors (Lipinski definition) is 6. The van der Waals surface area contributed by atoms with E-state index < -0.39 is 22.0 Å². The number of carbonyl (C=O) groups excluding carboxylic acids is 1. The summed E-state index contributed by atoms with van der Waals surface area (Å²) in [6.07, 6.45) is 1.79. The third-order valence-electron chi connectivity index (χ3n) is 5.55. The second-order valence-electron chi connectivity index (χ2n) is 9.26. The minimum atomic E-state index is -3.88. The van der Waals surface area contributed by atoms with Crippen LogP contribution in [0.15, 0.2) is 82.8 Å². The molecule has 3 rings (SSSR count). The molecule has 0 spiro atoms. The van der Waals surface area contributed by atoms with Gasteiger partial charge in [-0.25, -0.2) is 13.8 Å². The van der Waals surface area contributed by atoms with Gasteiger partial charge in [0.05, 0.1) is 17.7 Å². The van der Waals surface area contributed by atoms with Crippen LogP contribution in [0.5, 0.6) is 11.5 Å². The smallest absolute Gasteiger partial charge is 0.258 e. The maximum atomic E-state index is 12.9. The number of hydrazone groups is 1. The van der Waals surface area contributed by atoms with Gasteiger partial charge in [0, 0.05) is 0 Å². The van der Waals surface area contributed by atoms with E-state index in [-0.39, 0.29) is 10.8 Å². The van der Waals surface area contributed by atoms with Crippen LogP contribution in [0, 0.1) is 12.8 Å². The second-order valence-corrected chi connectivity index (χ2v) is 11.0. The average molecular weight is 538 g/mol. The molecule has 0 saturated carbocycles. The Balaban J connectivity index is 1.67. The van der Waals surface area contributed by atoms with E-state index in [1.165, 1.54) is 18.3 Å². The number of hydrogen-bond donors (Lipinski definition) is 2. The van der Waals surface area contributed by atoms with Gasteiger partial charge in [-0.3, -0.25) is 4.79 Å². The monoisotopic (exact) mass is 537 g/mol. The Morgan fingerprint density at radius 3 is 2.34 bits per heavy atom. The van der Waals surface area contributed by atoms with Crippen LogP contribution in [-0.4, -0.2) is 33.2 Å². The van der Waals surface area contributed by atoms with Gasteiger partial charge in [-0.1, -0.05) is 61.9 Å². The van der Waals surface area contributed by atoms with Crippen LogP contribution in [0.25, 0.3) is 0 Å². The van der Waals surface area contributed by atoms with Gasteiger partial charge in [0.15, 0.2) is 11.5 Å². The molecule has 1 atom stereocenters. The molecule has 0 aliphatic rings. The molecule has 0 aromatic heterocycles. The molecule has 0 radical (unpaired) electrons. The zero-order chi connectivity index (χ0) is 27.5. The highest BCUT2D eigenvalue weighted by Crippen LogP contribution is 2.29. The van der Waals surface area contributed by atoms with Crippen LogP contribution >= 0.6 is 0 Å². The van der Waals surface area contributed by atoms with Crippen molar-refractivity contribution in [2.24, 2.45) is 11.0 Å². The Hall–Kier alpha value is -3.69. The quantitative estimate of drug-likeness (QED) is 0.240. The summed E-state index contributed by atoms with van der Waals surface area (Å²) in [5.74, 6) is 0.688. The number of aryl methyl sites for hydroxylation is 1. The summed E-state index contributed by atoms with van der Waals surface area (Å²) in [5.41, 5.74) is 5.13. The van der Waals surface area contributed by atoms with E-state index in [1.807, 2.05) is 58.0 Å². The van der Waals surface area contributed by atoms with E-state index in [0.29, 0.717) is 36.7 Å². The highest BCUT2D eigenvalue weighted by Gasteiger charge is 2.26. The zero-order valence-corrected chi connectivity index (χ0v) is 23.0. The number of carbonyl (C=O) groups is 1. The van der Waals surface area contributed by atoms with E-state index >= 15 is 0 Å². The number of amides is 1. The predicted molar refractivity (Wildman–Crippen MR) is 149 cm³/mol. The summed E-state index contributed by atoms with van der Waals surface area (Å²) in [6.45, 7) is 8.45. The summed E-state index contributed by atoms with van der Waals surface area (Å²) in [6, 6.07) is 20.7. The largest absolute Gasteiger partial charge is 0.490 e. The third-order valence-corrected chi connectivity index (χ3v) is 7.03. The maximum absolute atomic E-state index is 12.9. The van der Waals surface area contributed by atoms with E-state index in [0.717, 1.165) is 11.1 Å². The Morgan fingerprint density at radius 1 is 0.974 bits per heavy atom. The SMILES string of the molecule is CCOc1cc(/C=N\NC(=O)[C@@H](CC(C)C)NS(=O)(=O)c2ccc(C)cc2)ccc1OCc1ccccc1. The van der Waals surface area contributed by atoms with Gasteiger partial charge in [0.2, 0.25) is 10.0 Å². The standard InChI is InChI=1S/C29H35N3O5S/c1-5-36-28-18-24(13-16-27(28)37-20-23-9-7-6-8-10-23)19-30-31-29(33)26(17-21(2)3)32-38(34,35)25-14-11-22(4)12-15-25/h6-16,18-19,21,26,32H,5,17,20H2,1-4H3,(H,31,33)/b30-19-/t26-/m1/s1. The highest BCUT2D eigenvalue weighted by atomic mass is 32.2. The first-order valence-corrected chi connectivity index (χ1v) is 14.0. The van der Waals surface area contributed by atoms with Gasteiger partial charge in [-0.15, -0.1) is 0 Å². The first-order chi connectivity index (χ1) is 18.2. The Bertz CT molecular complexity index is 1320. The number of nitrogens with zero attached hydrogens (tertiary/aromatic N) is 1. The molecular formula is C29H35N3O5S. The fourth-order valence-corrected chi connectivity index (χ4v) is 4.84. The Morgan fingerprint density at radius 2 is 1.68 bits per heavy atom. The second kappa shape index (κ2) is 13.7. The van der Waals surface area contributed by atoms with Gasteiger partial charge in [0.1, 0.15) is 12.6 Å². The lowest BCUT2D eigenvalue weighted by Crippen LogP contribution is -2.46. The lowest BCUT2D eigenvalue weighted by Gasteiger charge is -2.19. The molecule has 0 aliphatic carbocycles. The zero-order valence-electron chi connectivity index (χ0n) is 22.2. The first kappa shape index (κ1) is 28.9. The molecule has 0 fully saturated rings. The Kier molecular flexibility index (Phi) is 10.4. The van der Waals surface area contributed by atoms with Crippen molar-refractivity contribution in [3.63, 3.8) is 0 Å². The van der Waals surface area contributed by atoms with Gasteiger partial charge in [-0.05, 0) is 67.6 Å². The topological polar surface area (TPSA) is 106 Å². The van der Waals surface area contributed by atoms with Crippen molar-refractivity contribution >= 4 is 22.1 Å². The summed E-state index contributed by atoms with van der Waals surface area (Å²) >= 11 is 0. The van der Waals surface area contributed by atoms with Crippen LogP contribution < -0.4 is 19.6 Å². The van der Waals surface area contributed by atoms with E-state index in [1.54, 1.807) is 30.3 Å². The molecule has 0 saturated heterocycles. The molecule has 9 heteroatoms. The van der Waals surface area contributed by atoms with Crippen LogP contribution in [0.1, 0.15) is 43.9 Å².